The number of fused-ring (bicyclic) bond motifs is 1. The van der Waals surface area contributed by atoms with Gasteiger partial charge in [0.05, 0.1) is 6.07 Å². The number of rotatable bonds is 2. The van der Waals surface area contributed by atoms with E-state index in [0.29, 0.717) is 31.6 Å². The van der Waals surface area contributed by atoms with E-state index in [0.717, 1.165) is 10.8 Å². The van der Waals surface area contributed by atoms with Gasteiger partial charge < -0.3 is 10.1 Å². The van der Waals surface area contributed by atoms with Crippen LogP contribution >= 0.6 is 0 Å². The highest BCUT2D eigenvalue weighted by Gasteiger charge is 2.34. The first-order valence-electron chi connectivity index (χ1n) is 7.03. The van der Waals surface area contributed by atoms with Crippen LogP contribution in [0.4, 0.5) is 0 Å². The van der Waals surface area contributed by atoms with E-state index in [1.807, 2.05) is 36.4 Å². The minimum absolute atomic E-state index is 0.204. The highest BCUT2D eigenvalue weighted by atomic mass is 16.5. The maximum absolute atomic E-state index is 12.4. The van der Waals surface area contributed by atoms with Crippen molar-refractivity contribution in [2.24, 2.45) is 0 Å². The number of nitrogens with one attached hydrogen (secondary N) is 1. The molecular weight excluding hydrogens is 264 g/mol. The van der Waals surface area contributed by atoms with E-state index in [-0.39, 0.29) is 5.91 Å². The third kappa shape index (κ3) is 2.74. The van der Waals surface area contributed by atoms with Crippen molar-refractivity contribution >= 4 is 16.7 Å². The molecule has 0 atom stereocenters. The first-order valence-corrected chi connectivity index (χ1v) is 7.03. The molecule has 0 aromatic heterocycles. The molecule has 2 aromatic carbocycles. The lowest BCUT2D eigenvalue weighted by Crippen LogP contribution is -2.50. The van der Waals surface area contributed by atoms with Crippen LogP contribution in [0.1, 0.15) is 23.2 Å². The fourth-order valence-electron chi connectivity index (χ4n) is 2.60. The highest BCUT2D eigenvalue weighted by Crippen LogP contribution is 2.21. The number of nitriles is 1. The minimum Gasteiger partial charge on any atom is -0.381 e. The normalized spacial score (nSPS) is 17.1. The van der Waals surface area contributed by atoms with Crippen LogP contribution in [0.3, 0.4) is 0 Å². The Bertz CT molecular complexity index is 712. The van der Waals surface area contributed by atoms with Crippen LogP contribution in [-0.2, 0) is 4.74 Å². The van der Waals surface area contributed by atoms with Crippen molar-refractivity contribution in [2.75, 3.05) is 13.2 Å². The molecule has 0 spiro atoms. The Morgan fingerprint density at radius 3 is 2.57 bits per heavy atom. The lowest BCUT2D eigenvalue weighted by Gasteiger charge is -2.31. The molecule has 4 nitrogen and oxygen atoms in total. The largest absolute Gasteiger partial charge is 0.381 e. The van der Waals surface area contributed by atoms with Crippen molar-refractivity contribution in [2.45, 2.75) is 18.4 Å². The zero-order chi connectivity index (χ0) is 14.7. The maximum Gasteiger partial charge on any atom is 0.252 e. The van der Waals surface area contributed by atoms with Crippen LogP contribution in [0.15, 0.2) is 42.5 Å². The molecule has 3 rings (SSSR count). The molecule has 1 heterocycles. The summed E-state index contributed by atoms with van der Waals surface area (Å²) in [5.41, 5.74) is -0.226. The van der Waals surface area contributed by atoms with E-state index in [9.17, 15) is 10.1 Å². The standard InChI is InChI=1S/C17H16N2O2/c18-12-17(7-9-21-10-8-17)19-16(20)15-6-5-13-3-1-2-4-14(13)11-15/h1-6,11H,7-10H2,(H,19,20). The monoisotopic (exact) mass is 280 g/mol. The summed E-state index contributed by atoms with van der Waals surface area (Å²) in [5.74, 6) is -0.204. The zero-order valence-corrected chi connectivity index (χ0v) is 11.6. The Kier molecular flexibility index (Phi) is 3.59. The number of benzene rings is 2. The summed E-state index contributed by atoms with van der Waals surface area (Å²) in [4.78, 5) is 12.4. The predicted molar refractivity (Wildman–Crippen MR) is 79.8 cm³/mol. The molecule has 106 valence electrons. The van der Waals surface area contributed by atoms with Gasteiger partial charge in [-0.3, -0.25) is 4.79 Å². The highest BCUT2D eigenvalue weighted by molar-refractivity contribution is 5.99. The predicted octanol–water partition coefficient (Wildman–Crippen LogP) is 2.64. The summed E-state index contributed by atoms with van der Waals surface area (Å²) in [6, 6.07) is 15.7. The van der Waals surface area contributed by atoms with E-state index in [1.54, 1.807) is 6.07 Å². The van der Waals surface area contributed by atoms with Gasteiger partial charge in [0.1, 0.15) is 5.54 Å². The molecule has 1 N–H and O–H groups in total. The SMILES string of the molecule is N#CC1(NC(=O)c2ccc3ccccc3c2)CCOCC1. The smallest absolute Gasteiger partial charge is 0.252 e. The quantitative estimate of drug-likeness (QED) is 0.919. The van der Waals surface area contributed by atoms with E-state index >= 15 is 0 Å². The third-order valence-electron chi connectivity index (χ3n) is 3.92. The minimum atomic E-state index is -0.805. The summed E-state index contributed by atoms with van der Waals surface area (Å²) in [6.07, 6.45) is 1.06. The van der Waals surface area contributed by atoms with Crippen molar-refractivity contribution in [3.8, 4) is 6.07 Å². The summed E-state index contributed by atoms with van der Waals surface area (Å²) in [7, 11) is 0. The average Bonchev–Trinajstić information content (AvgIpc) is 2.55. The van der Waals surface area contributed by atoms with Crippen molar-refractivity contribution in [3.05, 3.63) is 48.0 Å². The van der Waals surface area contributed by atoms with E-state index in [4.69, 9.17) is 4.74 Å². The zero-order valence-electron chi connectivity index (χ0n) is 11.6. The van der Waals surface area contributed by atoms with Gasteiger partial charge in [0, 0.05) is 31.6 Å². The fourth-order valence-corrected chi connectivity index (χ4v) is 2.60. The Morgan fingerprint density at radius 2 is 1.86 bits per heavy atom. The lowest BCUT2D eigenvalue weighted by molar-refractivity contribution is 0.0531. The molecule has 0 radical (unpaired) electrons. The molecule has 1 saturated heterocycles. The maximum atomic E-state index is 12.4. The Hall–Kier alpha value is -2.38. The van der Waals surface area contributed by atoms with Crippen LogP contribution in [0.25, 0.3) is 10.8 Å². The first kappa shape index (κ1) is 13.6. The van der Waals surface area contributed by atoms with Crippen LogP contribution in [-0.4, -0.2) is 24.7 Å². The number of nitrogens with zero attached hydrogens (tertiary/aromatic N) is 1. The number of ether oxygens (including phenoxy) is 1. The molecule has 0 bridgehead atoms. The van der Waals surface area contributed by atoms with E-state index in [2.05, 4.69) is 11.4 Å². The molecule has 4 heteroatoms. The Morgan fingerprint density at radius 1 is 1.14 bits per heavy atom. The van der Waals surface area contributed by atoms with Gasteiger partial charge >= 0.3 is 0 Å². The summed E-state index contributed by atoms with van der Waals surface area (Å²) in [5, 5.41) is 14.4. The van der Waals surface area contributed by atoms with Gasteiger partial charge in [-0.2, -0.15) is 5.26 Å². The van der Waals surface area contributed by atoms with Crippen molar-refractivity contribution in [3.63, 3.8) is 0 Å². The second kappa shape index (κ2) is 5.55. The molecular formula is C17H16N2O2. The van der Waals surface area contributed by atoms with E-state index < -0.39 is 5.54 Å². The molecule has 21 heavy (non-hydrogen) atoms. The second-order valence-corrected chi connectivity index (χ2v) is 5.32. The molecule has 2 aromatic rings. The lowest BCUT2D eigenvalue weighted by atomic mass is 9.91. The molecule has 1 aliphatic heterocycles. The van der Waals surface area contributed by atoms with Crippen molar-refractivity contribution in [1.82, 2.24) is 5.32 Å². The van der Waals surface area contributed by atoms with Crippen LogP contribution < -0.4 is 5.32 Å². The third-order valence-corrected chi connectivity index (χ3v) is 3.92. The molecule has 0 saturated carbocycles. The molecule has 0 unspecified atom stereocenters. The van der Waals surface area contributed by atoms with Crippen LogP contribution in [0.5, 0.6) is 0 Å². The fraction of sp³-hybridized carbons (Fsp3) is 0.294. The number of carbonyl (C=O) groups excluding carboxylic acids is 1. The molecule has 1 fully saturated rings. The van der Waals surface area contributed by atoms with Crippen LogP contribution in [0, 0.1) is 11.3 Å². The number of hydrogen-bond acceptors (Lipinski definition) is 3. The van der Waals surface area contributed by atoms with E-state index in [1.165, 1.54) is 0 Å². The van der Waals surface area contributed by atoms with Gasteiger partial charge in [0.25, 0.3) is 5.91 Å². The Labute approximate surface area is 123 Å². The summed E-state index contributed by atoms with van der Waals surface area (Å²) in [6.45, 7) is 1.01. The molecule has 1 aliphatic rings. The number of carbonyl (C=O) groups is 1. The van der Waals surface area contributed by atoms with Crippen molar-refractivity contribution in [1.29, 1.82) is 5.26 Å². The average molecular weight is 280 g/mol. The summed E-state index contributed by atoms with van der Waals surface area (Å²) < 4.78 is 5.27. The van der Waals surface area contributed by atoms with Gasteiger partial charge in [-0.1, -0.05) is 30.3 Å². The Balaban J connectivity index is 1.85. The number of hydrogen-bond donors (Lipinski definition) is 1. The summed E-state index contributed by atoms with van der Waals surface area (Å²) >= 11 is 0. The van der Waals surface area contributed by atoms with Crippen LogP contribution in [0.2, 0.25) is 0 Å². The van der Waals surface area contributed by atoms with Gasteiger partial charge in [-0.15, -0.1) is 0 Å². The molecule has 0 aliphatic carbocycles. The van der Waals surface area contributed by atoms with Gasteiger partial charge in [-0.05, 0) is 22.9 Å². The van der Waals surface area contributed by atoms with Crippen molar-refractivity contribution < 1.29 is 9.53 Å². The van der Waals surface area contributed by atoms with Gasteiger partial charge in [0.2, 0.25) is 0 Å². The van der Waals surface area contributed by atoms with Gasteiger partial charge in [0.15, 0.2) is 0 Å². The topological polar surface area (TPSA) is 62.1 Å². The first-order chi connectivity index (χ1) is 10.2. The van der Waals surface area contributed by atoms with Gasteiger partial charge in [-0.25, -0.2) is 0 Å². The number of amides is 1. The molecule has 1 amide bonds. The second-order valence-electron chi connectivity index (χ2n) is 5.32.